The van der Waals surface area contributed by atoms with Gasteiger partial charge in [0.15, 0.2) is 0 Å². The van der Waals surface area contributed by atoms with Crippen LogP contribution in [0.3, 0.4) is 0 Å². The van der Waals surface area contributed by atoms with Gasteiger partial charge in [-0.1, -0.05) is 20.3 Å². The van der Waals surface area contributed by atoms with Gasteiger partial charge in [0.05, 0.1) is 6.04 Å². The maximum atomic E-state index is 12.1. The highest BCUT2D eigenvalue weighted by Gasteiger charge is 2.18. The van der Waals surface area contributed by atoms with E-state index in [4.69, 9.17) is 0 Å². The van der Waals surface area contributed by atoms with E-state index in [1.807, 2.05) is 6.92 Å². The molecule has 0 saturated heterocycles. The quantitative estimate of drug-likeness (QED) is 0.684. The van der Waals surface area contributed by atoms with Crippen LogP contribution in [0.5, 0.6) is 0 Å². The molecule has 0 aliphatic heterocycles. The SMILES string of the molecule is CCC(C)C(C)NC(C)C(F)F. The summed E-state index contributed by atoms with van der Waals surface area (Å²) in [6, 6.07) is -0.534. The van der Waals surface area contributed by atoms with Crippen molar-refractivity contribution in [3.05, 3.63) is 0 Å². The molecule has 0 aromatic rings. The zero-order valence-corrected chi connectivity index (χ0v) is 8.27. The minimum atomic E-state index is -2.27. The summed E-state index contributed by atoms with van der Waals surface area (Å²) in [4.78, 5) is 0. The summed E-state index contributed by atoms with van der Waals surface area (Å²) in [7, 11) is 0. The second-order valence-electron chi connectivity index (χ2n) is 3.46. The van der Waals surface area contributed by atoms with Gasteiger partial charge in [0, 0.05) is 6.04 Å². The van der Waals surface area contributed by atoms with Gasteiger partial charge in [-0.05, 0) is 19.8 Å². The predicted octanol–water partition coefficient (Wildman–Crippen LogP) is 2.66. The molecule has 0 fully saturated rings. The third-order valence-corrected chi connectivity index (χ3v) is 2.40. The monoisotopic (exact) mass is 179 g/mol. The average molecular weight is 179 g/mol. The fourth-order valence-electron chi connectivity index (χ4n) is 1.01. The van der Waals surface area contributed by atoms with Crippen molar-refractivity contribution in [2.24, 2.45) is 5.92 Å². The van der Waals surface area contributed by atoms with Crippen LogP contribution in [0, 0.1) is 5.92 Å². The van der Waals surface area contributed by atoms with E-state index in [0.29, 0.717) is 5.92 Å². The number of rotatable bonds is 5. The van der Waals surface area contributed by atoms with Crippen molar-refractivity contribution < 1.29 is 8.78 Å². The summed E-state index contributed by atoms with van der Waals surface area (Å²) >= 11 is 0. The standard InChI is InChI=1S/C9H19F2N/c1-5-6(2)7(3)12-8(4)9(10)11/h6-9,12H,5H2,1-4H3. The van der Waals surface area contributed by atoms with Crippen molar-refractivity contribution in [2.45, 2.75) is 52.6 Å². The smallest absolute Gasteiger partial charge is 0.253 e. The first-order chi connectivity index (χ1) is 5.49. The first kappa shape index (κ1) is 11.8. The molecule has 0 radical (unpaired) electrons. The molecule has 3 heteroatoms. The first-order valence-electron chi connectivity index (χ1n) is 4.53. The Morgan fingerprint density at radius 3 is 1.92 bits per heavy atom. The number of hydrogen-bond donors (Lipinski definition) is 1. The molecule has 0 rings (SSSR count). The van der Waals surface area contributed by atoms with E-state index < -0.39 is 12.5 Å². The molecule has 0 aliphatic carbocycles. The molecule has 0 bridgehead atoms. The zero-order valence-electron chi connectivity index (χ0n) is 8.27. The fourth-order valence-corrected chi connectivity index (χ4v) is 1.01. The van der Waals surface area contributed by atoms with Gasteiger partial charge in [0.25, 0.3) is 6.43 Å². The molecule has 1 N–H and O–H groups in total. The number of nitrogens with one attached hydrogen (secondary N) is 1. The van der Waals surface area contributed by atoms with Crippen LogP contribution >= 0.6 is 0 Å². The minimum absolute atomic E-state index is 0.166. The maximum Gasteiger partial charge on any atom is 0.253 e. The normalized spacial score (nSPS) is 19.2. The molecular formula is C9H19F2N. The van der Waals surface area contributed by atoms with E-state index in [-0.39, 0.29) is 6.04 Å². The van der Waals surface area contributed by atoms with Gasteiger partial charge in [-0.2, -0.15) is 0 Å². The summed E-state index contributed by atoms with van der Waals surface area (Å²) in [5.41, 5.74) is 0. The Morgan fingerprint density at radius 2 is 1.58 bits per heavy atom. The van der Waals surface area contributed by atoms with Gasteiger partial charge in [-0.25, -0.2) is 8.78 Å². The van der Waals surface area contributed by atoms with E-state index in [0.717, 1.165) is 6.42 Å². The van der Waals surface area contributed by atoms with Crippen molar-refractivity contribution in [1.29, 1.82) is 0 Å². The summed E-state index contributed by atoms with van der Waals surface area (Å²) < 4.78 is 24.2. The molecule has 0 aliphatic rings. The van der Waals surface area contributed by atoms with E-state index in [1.54, 1.807) is 0 Å². The molecule has 0 aromatic carbocycles. The van der Waals surface area contributed by atoms with Crippen LogP contribution < -0.4 is 5.32 Å². The maximum absolute atomic E-state index is 12.1. The Bertz CT molecular complexity index is 117. The van der Waals surface area contributed by atoms with E-state index in [1.165, 1.54) is 6.92 Å². The van der Waals surface area contributed by atoms with Crippen LogP contribution in [0.1, 0.15) is 34.1 Å². The van der Waals surface area contributed by atoms with Crippen LogP contribution in [0.15, 0.2) is 0 Å². The minimum Gasteiger partial charge on any atom is -0.306 e. The van der Waals surface area contributed by atoms with E-state index >= 15 is 0 Å². The highest BCUT2D eigenvalue weighted by atomic mass is 19.3. The third-order valence-electron chi connectivity index (χ3n) is 2.40. The zero-order chi connectivity index (χ0) is 9.72. The lowest BCUT2D eigenvalue weighted by atomic mass is 10.0. The summed E-state index contributed by atoms with van der Waals surface area (Å²) in [6.45, 7) is 7.60. The molecule has 0 aromatic heterocycles. The Morgan fingerprint density at radius 1 is 1.08 bits per heavy atom. The van der Waals surface area contributed by atoms with Gasteiger partial charge in [0.1, 0.15) is 0 Å². The van der Waals surface area contributed by atoms with Gasteiger partial charge in [-0.15, -0.1) is 0 Å². The highest BCUT2D eigenvalue weighted by molar-refractivity contribution is 4.72. The number of alkyl halides is 2. The molecule has 0 heterocycles. The second kappa shape index (κ2) is 5.46. The van der Waals surface area contributed by atoms with E-state index in [9.17, 15) is 8.78 Å². The average Bonchev–Trinajstić information content (AvgIpc) is 2.02. The Kier molecular flexibility index (Phi) is 5.38. The van der Waals surface area contributed by atoms with Crippen molar-refractivity contribution in [1.82, 2.24) is 5.32 Å². The largest absolute Gasteiger partial charge is 0.306 e. The summed E-state index contributed by atoms with van der Waals surface area (Å²) in [5, 5.41) is 2.88. The van der Waals surface area contributed by atoms with Gasteiger partial charge in [-0.3, -0.25) is 0 Å². The Labute approximate surface area is 73.5 Å². The van der Waals surface area contributed by atoms with Crippen LogP contribution in [0.25, 0.3) is 0 Å². The van der Waals surface area contributed by atoms with Crippen molar-refractivity contribution in [3.8, 4) is 0 Å². The Balaban J connectivity index is 3.75. The molecule has 0 saturated carbocycles. The third kappa shape index (κ3) is 4.00. The lowest BCUT2D eigenvalue weighted by Crippen LogP contribution is -2.42. The van der Waals surface area contributed by atoms with Crippen molar-refractivity contribution in [3.63, 3.8) is 0 Å². The lowest BCUT2D eigenvalue weighted by molar-refractivity contribution is 0.0966. The van der Waals surface area contributed by atoms with Crippen LogP contribution in [-0.2, 0) is 0 Å². The van der Waals surface area contributed by atoms with Gasteiger partial charge < -0.3 is 5.32 Å². The molecule has 3 unspecified atom stereocenters. The molecular weight excluding hydrogens is 160 g/mol. The molecule has 0 amide bonds. The first-order valence-corrected chi connectivity index (χ1v) is 4.53. The van der Waals surface area contributed by atoms with Crippen LogP contribution in [0.4, 0.5) is 8.78 Å². The molecule has 1 nitrogen and oxygen atoms in total. The summed E-state index contributed by atoms with van der Waals surface area (Å²) in [6.07, 6.45) is -1.25. The number of hydrogen-bond acceptors (Lipinski definition) is 1. The Hall–Kier alpha value is -0.180. The number of halogens is 2. The lowest BCUT2D eigenvalue weighted by Gasteiger charge is -2.23. The van der Waals surface area contributed by atoms with Crippen LogP contribution in [-0.4, -0.2) is 18.5 Å². The van der Waals surface area contributed by atoms with Crippen LogP contribution in [0.2, 0.25) is 0 Å². The van der Waals surface area contributed by atoms with Crippen molar-refractivity contribution >= 4 is 0 Å². The van der Waals surface area contributed by atoms with Gasteiger partial charge >= 0.3 is 0 Å². The molecule has 74 valence electrons. The van der Waals surface area contributed by atoms with Gasteiger partial charge in [0.2, 0.25) is 0 Å². The van der Waals surface area contributed by atoms with Crippen molar-refractivity contribution in [2.75, 3.05) is 0 Å². The topological polar surface area (TPSA) is 12.0 Å². The fraction of sp³-hybridized carbons (Fsp3) is 1.00. The molecule has 0 spiro atoms. The summed E-state index contributed by atoms with van der Waals surface area (Å²) in [5.74, 6) is 0.450. The second-order valence-corrected chi connectivity index (χ2v) is 3.46. The highest BCUT2D eigenvalue weighted by Crippen LogP contribution is 2.09. The predicted molar refractivity (Wildman–Crippen MR) is 47.5 cm³/mol. The molecule has 12 heavy (non-hydrogen) atoms. The molecule has 3 atom stereocenters. The van der Waals surface area contributed by atoms with E-state index in [2.05, 4.69) is 19.2 Å².